The van der Waals surface area contributed by atoms with E-state index in [2.05, 4.69) is 12.0 Å². The zero-order valence-electron chi connectivity index (χ0n) is 7.08. The Labute approximate surface area is 66.9 Å². The molecule has 0 N–H and O–H groups in total. The molecule has 0 unspecified atom stereocenters. The van der Waals surface area contributed by atoms with Crippen molar-refractivity contribution in [1.82, 2.24) is 9.94 Å². The standard InChI is InChI=1S/C8H14N2O/c1-3-4-5-11-10-7-8(2)6-9-10/h6-7H,3-5H2,1-2H3. The molecule has 0 saturated heterocycles. The molecule has 1 aromatic rings. The third-order valence-electron chi connectivity index (χ3n) is 1.41. The van der Waals surface area contributed by atoms with Gasteiger partial charge < -0.3 is 4.84 Å². The number of hydrogen-bond acceptors (Lipinski definition) is 2. The van der Waals surface area contributed by atoms with Gasteiger partial charge in [-0.15, -0.1) is 9.94 Å². The van der Waals surface area contributed by atoms with Crippen molar-refractivity contribution in [2.24, 2.45) is 0 Å². The SMILES string of the molecule is CCCCOn1cc(C)cn1. The van der Waals surface area contributed by atoms with E-state index in [4.69, 9.17) is 4.84 Å². The average Bonchev–Trinajstić information content (AvgIpc) is 2.37. The molecule has 62 valence electrons. The van der Waals surface area contributed by atoms with Gasteiger partial charge in [0.2, 0.25) is 0 Å². The Hall–Kier alpha value is -0.990. The van der Waals surface area contributed by atoms with Crippen molar-refractivity contribution >= 4 is 0 Å². The normalized spacial score (nSPS) is 10.0. The highest BCUT2D eigenvalue weighted by atomic mass is 16.7. The summed E-state index contributed by atoms with van der Waals surface area (Å²) >= 11 is 0. The number of aryl methyl sites for hydroxylation is 1. The van der Waals surface area contributed by atoms with Crippen LogP contribution in [0.2, 0.25) is 0 Å². The summed E-state index contributed by atoms with van der Waals surface area (Å²) in [5, 5.41) is 3.98. The number of hydrogen-bond donors (Lipinski definition) is 0. The Morgan fingerprint density at radius 1 is 1.64 bits per heavy atom. The molecule has 0 atom stereocenters. The van der Waals surface area contributed by atoms with Crippen molar-refractivity contribution in [3.63, 3.8) is 0 Å². The smallest absolute Gasteiger partial charge is 0.117 e. The lowest BCUT2D eigenvalue weighted by atomic mass is 10.4. The maximum atomic E-state index is 5.27. The van der Waals surface area contributed by atoms with Crippen molar-refractivity contribution in [3.8, 4) is 0 Å². The predicted molar refractivity (Wildman–Crippen MR) is 43.3 cm³/mol. The van der Waals surface area contributed by atoms with Crippen molar-refractivity contribution < 1.29 is 4.84 Å². The minimum Gasteiger partial charge on any atom is -0.397 e. The number of unbranched alkanes of at least 4 members (excludes halogenated alkanes) is 1. The lowest BCUT2D eigenvalue weighted by Gasteiger charge is -2.01. The van der Waals surface area contributed by atoms with Gasteiger partial charge in [0.25, 0.3) is 0 Å². The summed E-state index contributed by atoms with van der Waals surface area (Å²) in [6.07, 6.45) is 5.89. The monoisotopic (exact) mass is 154 g/mol. The maximum absolute atomic E-state index is 5.27. The first-order valence-corrected chi connectivity index (χ1v) is 3.97. The molecule has 0 fully saturated rings. The molecule has 0 spiro atoms. The Morgan fingerprint density at radius 2 is 2.45 bits per heavy atom. The molecular weight excluding hydrogens is 140 g/mol. The van der Waals surface area contributed by atoms with Gasteiger partial charge in [0.15, 0.2) is 0 Å². The van der Waals surface area contributed by atoms with Gasteiger partial charge in [-0.3, -0.25) is 0 Å². The number of nitrogens with zero attached hydrogens (tertiary/aromatic N) is 2. The van der Waals surface area contributed by atoms with Crippen LogP contribution in [0.3, 0.4) is 0 Å². The average molecular weight is 154 g/mol. The quantitative estimate of drug-likeness (QED) is 0.613. The Balaban J connectivity index is 2.27. The summed E-state index contributed by atoms with van der Waals surface area (Å²) in [6.45, 7) is 4.88. The lowest BCUT2D eigenvalue weighted by Crippen LogP contribution is -2.12. The summed E-state index contributed by atoms with van der Waals surface area (Å²) < 4.78 is 0. The zero-order chi connectivity index (χ0) is 8.10. The molecule has 0 aliphatic carbocycles. The predicted octanol–water partition coefficient (Wildman–Crippen LogP) is 1.42. The first-order valence-electron chi connectivity index (χ1n) is 3.97. The molecule has 3 heteroatoms. The molecule has 0 aliphatic heterocycles. The van der Waals surface area contributed by atoms with E-state index in [1.807, 2.05) is 13.1 Å². The minimum atomic E-state index is 0.748. The molecule has 11 heavy (non-hydrogen) atoms. The van der Waals surface area contributed by atoms with Crippen LogP contribution >= 0.6 is 0 Å². The molecule has 0 saturated carbocycles. The van der Waals surface area contributed by atoms with Gasteiger partial charge in [0.05, 0.1) is 12.4 Å². The number of rotatable bonds is 4. The van der Waals surface area contributed by atoms with Crippen LogP contribution in [0.25, 0.3) is 0 Å². The van der Waals surface area contributed by atoms with Crippen LogP contribution in [0.5, 0.6) is 0 Å². The van der Waals surface area contributed by atoms with E-state index in [9.17, 15) is 0 Å². The number of aromatic nitrogens is 2. The highest BCUT2D eigenvalue weighted by Gasteiger charge is 1.91. The highest BCUT2D eigenvalue weighted by molar-refractivity contribution is 4.98. The van der Waals surface area contributed by atoms with E-state index in [1.165, 1.54) is 4.85 Å². The van der Waals surface area contributed by atoms with Crippen molar-refractivity contribution in [2.45, 2.75) is 26.7 Å². The second-order valence-electron chi connectivity index (χ2n) is 2.61. The second-order valence-corrected chi connectivity index (χ2v) is 2.61. The van der Waals surface area contributed by atoms with Gasteiger partial charge in [-0.25, -0.2) is 0 Å². The van der Waals surface area contributed by atoms with Gasteiger partial charge in [-0.1, -0.05) is 13.3 Å². The molecular formula is C8H14N2O. The fraction of sp³-hybridized carbons (Fsp3) is 0.625. The van der Waals surface area contributed by atoms with Crippen LogP contribution in [0.1, 0.15) is 25.3 Å². The minimum absolute atomic E-state index is 0.748. The fourth-order valence-corrected chi connectivity index (χ4v) is 0.762. The van der Waals surface area contributed by atoms with Crippen LogP contribution in [0, 0.1) is 6.92 Å². The summed E-state index contributed by atoms with van der Waals surface area (Å²) in [5.41, 5.74) is 1.13. The fourth-order valence-electron chi connectivity index (χ4n) is 0.762. The summed E-state index contributed by atoms with van der Waals surface area (Å²) in [5.74, 6) is 0. The van der Waals surface area contributed by atoms with Crippen LogP contribution in [-0.2, 0) is 0 Å². The topological polar surface area (TPSA) is 27.1 Å². The molecule has 0 bridgehead atoms. The Kier molecular flexibility index (Phi) is 2.95. The van der Waals surface area contributed by atoms with Crippen LogP contribution in [0.4, 0.5) is 0 Å². The van der Waals surface area contributed by atoms with Gasteiger partial charge >= 0.3 is 0 Å². The maximum Gasteiger partial charge on any atom is 0.117 e. The van der Waals surface area contributed by atoms with Gasteiger partial charge in [0.1, 0.15) is 6.61 Å². The second kappa shape index (κ2) is 4.01. The Bertz CT molecular complexity index is 208. The molecule has 0 aliphatic rings. The van der Waals surface area contributed by atoms with E-state index >= 15 is 0 Å². The van der Waals surface area contributed by atoms with Crippen molar-refractivity contribution in [3.05, 3.63) is 18.0 Å². The largest absolute Gasteiger partial charge is 0.397 e. The first-order chi connectivity index (χ1) is 5.33. The summed E-state index contributed by atoms with van der Waals surface area (Å²) in [7, 11) is 0. The molecule has 3 nitrogen and oxygen atoms in total. The molecule has 0 aromatic carbocycles. The van der Waals surface area contributed by atoms with Crippen molar-refractivity contribution in [1.29, 1.82) is 0 Å². The van der Waals surface area contributed by atoms with Crippen LogP contribution < -0.4 is 4.84 Å². The Morgan fingerprint density at radius 3 is 3.00 bits per heavy atom. The summed E-state index contributed by atoms with van der Waals surface area (Å²) in [4.78, 5) is 6.79. The van der Waals surface area contributed by atoms with E-state index in [-0.39, 0.29) is 0 Å². The van der Waals surface area contributed by atoms with Gasteiger partial charge in [0, 0.05) is 0 Å². The molecule has 1 heterocycles. The van der Waals surface area contributed by atoms with Crippen LogP contribution in [-0.4, -0.2) is 16.6 Å². The molecule has 1 rings (SSSR count). The van der Waals surface area contributed by atoms with Gasteiger partial charge in [-0.2, -0.15) is 0 Å². The lowest BCUT2D eigenvalue weighted by molar-refractivity contribution is 0.0802. The molecule has 1 aromatic heterocycles. The van der Waals surface area contributed by atoms with E-state index in [1.54, 1.807) is 6.20 Å². The third-order valence-corrected chi connectivity index (χ3v) is 1.41. The molecule has 0 amide bonds. The van der Waals surface area contributed by atoms with Crippen molar-refractivity contribution in [2.75, 3.05) is 6.61 Å². The van der Waals surface area contributed by atoms with E-state index in [0.29, 0.717) is 0 Å². The van der Waals surface area contributed by atoms with E-state index in [0.717, 1.165) is 25.0 Å². The van der Waals surface area contributed by atoms with Crippen LogP contribution in [0.15, 0.2) is 12.4 Å². The molecule has 0 radical (unpaired) electrons. The van der Waals surface area contributed by atoms with E-state index < -0.39 is 0 Å². The highest BCUT2D eigenvalue weighted by Crippen LogP contribution is 1.92. The zero-order valence-corrected chi connectivity index (χ0v) is 7.08. The summed E-state index contributed by atoms with van der Waals surface area (Å²) in [6, 6.07) is 0. The third kappa shape index (κ3) is 2.62. The first kappa shape index (κ1) is 8.11. The van der Waals surface area contributed by atoms with Gasteiger partial charge in [-0.05, 0) is 18.9 Å².